The van der Waals surface area contributed by atoms with Gasteiger partial charge in [0.25, 0.3) is 11.8 Å². The second-order valence-corrected chi connectivity index (χ2v) is 11.3. The summed E-state index contributed by atoms with van der Waals surface area (Å²) in [5, 5.41) is 9.02. The largest absolute Gasteiger partial charge is 0.451 e. The minimum absolute atomic E-state index is 0.0115. The van der Waals surface area contributed by atoms with Crippen molar-refractivity contribution in [3.63, 3.8) is 0 Å². The number of likely N-dealkylation sites (tertiary alicyclic amines) is 1. The van der Waals surface area contributed by atoms with Gasteiger partial charge in [0.15, 0.2) is 5.76 Å². The van der Waals surface area contributed by atoms with Crippen LogP contribution >= 0.6 is 0 Å². The van der Waals surface area contributed by atoms with Gasteiger partial charge in [0.1, 0.15) is 11.6 Å². The van der Waals surface area contributed by atoms with Crippen LogP contribution in [0.25, 0.3) is 11.0 Å². The number of hydrogen-bond acceptors (Lipinski definition) is 6. The van der Waals surface area contributed by atoms with Gasteiger partial charge in [0.2, 0.25) is 17.6 Å². The van der Waals surface area contributed by atoms with Crippen LogP contribution in [0.1, 0.15) is 61.9 Å². The van der Waals surface area contributed by atoms with Crippen molar-refractivity contribution in [3.05, 3.63) is 36.1 Å². The number of furan rings is 1. The zero-order chi connectivity index (χ0) is 26.4. The summed E-state index contributed by atoms with van der Waals surface area (Å²) in [7, 11) is 0. The molecular weight excluding hydrogens is 488 g/mol. The number of piperidine rings is 1. The lowest BCUT2D eigenvalue weighted by Crippen LogP contribution is -2.58. The van der Waals surface area contributed by atoms with Crippen LogP contribution in [0.4, 0.5) is 0 Å². The van der Waals surface area contributed by atoms with E-state index in [2.05, 4.69) is 16.0 Å². The van der Waals surface area contributed by atoms with Crippen LogP contribution in [0.15, 0.2) is 34.7 Å². The summed E-state index contributed by atoms with van der Waals surface area (Å²) in [6.45, 7) is 0.900. The van der Waals surface area contributed by atoms with E-state index in [-0.39, 0.29) is 35.5 Å². The van der Waals surface area contributed by atoms with Crippen LogP contribution in [0.2, 0.25) is 0 Å². The second kappa shape index (κ2) is 9.56. The molecule has 3 atom stereocenters. The molecule has 3 heterocycles. The molecule has 2 aliphatic heterocycles. The molecule has 3 N–H and O–H groups in total. The maximum Gasteiger partial charge on any atom is 0.290 e. The summed E-state index contributed by atoms with van der Waals surface area (Å²) in [4.78, 5) is 66.8. The Labute approximate surface area is 219 Å². The Morgan fingerprint density at radius 2 is 1.89 bits per heavy atom. The summed E-state index contributed by atoms with van der Waals surface area (Å²) in [5.74, 6) is -2.83. The van der Waals surface area contributed by atoms with Crippen LogP contribution in [0.3, 0.4) is 0 Å². The Kier molecular flexibility index (Phi) is 6.20. The van der Waals surface area contributed by atoms with E-state index in [0.717, 1.165) is 37.5 Å². The maximum atomic E-state index is 13.7. The maximum absolute atomic E-state index is 13.7. The van der Waals surface area contributed by atoms with Crippen molar-refractivity contribution in [2.75, 3.05) is 13.1 Å². The van der Waals surface area contributed by atoms with Gasteiger partial charge < -0.3 is 25.3 Å². The van der Waals surface area contributed by atoms with Crippen molar-refractivity contribution in [3.8, 4) is 0 Å². The predicted molar refractivity (Wildman–Crippen MR) is 136 cm³/mol. The van der Waals surface area contributed by atoms with Gasteiger partial charge in [-0.25, -0.2) is 0 Å². The Hall–Kier alpha value is -3.69. The summed E-state index contributed by atoms with van der Waals surface area (Å²) in [6.07, 6.45) is 5.51. The molecule has 0 radical (unpaired) electrons. The van der Waals surface area contributed by atoms with Gasteiger partial charge >= 0.3 is 0 Å². The Balaban J connectivity index is 1.23. The molecule has 2 aromatic rings. The van der Waals surface area contributed by atoms with Crippen molar-refractivity contribution in [1.29, 1.82) is 0 Å². The predicted octanol–water partition coefficient (Wildman–Crippen LogP) is 1.68. The lowest BCUT2D eigenvalue weighted by atomic mass is 9.86. The van der Waals surface area contributed by atoms with Gasteiger partial charge in [-0.05, 0) is 68.9 Å². The Morgan fingerprint density at radius 1 is 1.11 bits per heavy atom. The third-order valence-corrected chi connectivity index (χ3v) is 8.49. The topological polar surface area (TPSA) is 138 Å². The first-order chi connectivity index (χ1) is 18.3. The molecule has 4 fully saturated rings. The monoisotopic (exact) mass is 520 g/mol. The van der Waals surface area contributed by atoms with Gasteiger partial charge in [0, 0.05) is 30.4 Å². The molecule has 1 unspecified atom stereocenters. The molecule has 1 aromatic carbocycles. The smallest absolute Gasteiger partial charge is 0.290 e. The highest BCUT2D eigenvalue weighted by Crippen LogP contribution is 2.55. The highest BCUT2D eigenvalue weighted by atomic mass is 16.3. The number of carbonyl (C=O) groups is 5. The molecular formula is C28H32N4O6. The zero-order valence-corrected chi connectivity index (χ0v) is 21.2. The molecule has 4 aliphatic rings. The van der Waals surface area contributed by atoms with Gasteiger partial charge in [-0.15, -0.1) is 0 Å². The molecule has 4 amide bonds. The normalized spacial score (nSPS) is 24.6. The summed E-state index contributed by atoms with van der Waals surface area (Å²) < 4.78 is 5.80. The van der Waals surface area contributed by atoms with E-state index in [4.69, 9.17) is 4.42 Å². The molecule has 0 bridgehead atoms. The van der Waals surface area contributed by atoms with Crippen molar-refractivity contribution in [1.82, 2.24) is 20.9 Å². The van der Waals surface area contributed by atoms with Crippen LogP contribution in [-0.2, 0) is 19.2 Å². The summed E-state index contributed by atoms with van der Waals surface area (Å²) in [5.41, 5.74) is 0.621. The standard InChI is InChI=1S/C28H32N4O6/c33-23(26(36)30-18-5-6-18)19(13-17-7-11-29-24(17)34)31-25(35)20-15-28(8-9-28)10-12-32(20)27(37)22-14-16-3-1-2-4-21(16)38-22/h1-4,14,17-20H,5-13,15H2,(H,29,34)(H,30,36)(H,31,35)/t17-,19?,20-/m0/s1. The van der Waals surface area contributed by atoms with E-state index in [1.807, 2.05) is 18.2 Å². The van der Waals surface area contributed by atoms with E-state index in [0.29, 0.717) is 31.5 Å². The van der Waals surface area contributed by atoms with Gasteiger partial charge in [0.05, 0.1) is 6.04 Å². The summed E-state index contributed by atoms with van der Waals surface area (Å²) in [6, 6.07) is 7.06. The number of Topliss-reactive ketones (excluding diaryl/α,β-unsaturated/α-hetero) is 1. The van der Waals surface area contributed by atoms with E-state index in [1.54, 1.807) is 12.1 Å². The third-order valence-electron chi connectivity index (χ3n) is 8.49. The zero-order valence-electron chi connectivity index (χ0n) is 21.2. The minimum atomic E-state index is -1.14. The van der Waals surface area contributed by atoms with Crippen molar-refractivity contribution in [2.24, 2.45) is 11.3 Å². The number of rotatable bonds is 8. The van der Waals surface area contributed by atoms with E-state index in [1.165, 1.54) is 4.90 Å². The molecule has 200 valence electrons. The highest BCUT2D eigenvalue weighted by Gasteiger charge is 2.52. The van der Waals surface area contributed by atoms with E-state index in [9.17, 15) is 24.0 Å². The van der Waals surface area contributed by atoms with Gasteiger partial charge in [-0.3, -0.25) is 24.0 Å². The highest BCUT2D eigenvalue weighted by molar-refractivity contribution is 6.38. The molecule has 10 heteroatoms. The number of carbonyl (C=O) groups excluding carboxylic acids is 5. The van der Waals surface area contributed by atoms with Crippen LogP contribution < -0.4 is 16.0 Å². The Morgan fingerprint density at radius 3 is 2.58 bits per heavy atom. The number of fused-ring (bicyclic) bond motifs is 1. The number of nitrogens with one attached hydrogen (secondary N) is 3. The molecule has 2 saturated heterocycles. The van der Waals surface area contributed by atoms with Crippen molar-refractivity contribution in [2.45, 2.75) is 69.5 Å². The minimum Gasteiger partial charge on any atom is -0.451 e. The van der Waals surface area contributed by atoms with E-state index < -0.39 is 35.6 Å². The third kappa shape index (κ3) is 4.91. The number of benzene rings is 1. The fraction of sp³-hybridized carbons (Fsp3) is 0.536. The number of nitrogens with zero attached hydrogens (tertiary/aromatic N) is 1. The van der Waals surface area contributed by atoms with Crippen LogP contribution in [0.5, 0.6) is 0 Å². The SMILES string of the molecule is O=C(NC1CC1)C(=O)C(C[C@@H]1CCNC1=O)NC(=O)[C@@H]1CC2(CCN1C(=O)c1cc3ccccc3o1)CC2. The van der Waals surface area contributed by atoms with Gasteiger partial charge in [-0.1, -0.05) is 18.2 Å². The van der Waals surface area contributed by atoms with Crippen LogP contribution in [0, 0.1) is 11.3 Å². The lowest BCUT2D eigenvalue weighted by Gasteiger charge is -2.39. The van der Waals surface area contributed by atoms with E-state index >= 15 is 0 Å². The average molecular weight is 521 g/mol. The molecule has 10 nitrogen and oxygen atoms in total. The quantitative estimate of drug-likeness (QED) is 0.453. The molecule has 6 rings (SSSR count). The average Bonchev–Trinajstić information content (AvgIpc) is 3.80. The first-order valence-electron chi connectivity index (χ1n) is 13.5. The summed E-state index contributed by atoms with van der Waals surface area (Å²) >= 11 is 0. The Bertz CT molecular complexity index is 1280. The van der Waals surface area contributed by atoms with Crippen LogP contribution in [-0.4, -0.2) is 65.5 Å². The number of amides is 4. The number of hydrogen-bond donors (Lipinski definition) is 3. The first-order valence-corrected chi connectivity index (χ1v) is 13.5. The fourth-order valence-electron chi connectivity index (χ4n) is 5.77. The molecule has 2 aliphatic carbocycles. The lowest BCUT2D eigenvalue weighted by molar-refractivity contribution is -0.141. The molecule has 2 saturated carbocycles. The van der Waals surface area contributed by atoms with Gasteiger partial charge in [-0.2, -0.15) is 0 Å². The molecule has 1 aromatic heterocycles. The molecule has 1 spiro atoms. The fourth-order valence-corrected chi connectivity index (χ4v) is 5.77. The second-order valence-electron chi connectivity index (χ2n) is 11.3. The van der Waals surface area contributed by atoms with Crippen molar-refractivity contribution < 1.29 is 28.4 Å². The van der Waals surface area contributed by atoms with Crippen molar-refractivity contribution >= 4 is 40.4 Å². The molecule has 38 heavy (non-hydrogen) atoms. The number of para-hydroxylation sites is 1. The number of ketones is 1. The first kappa shape index (κ1) is 24.6.